The largest absolute Gasteiger partial charge is 0.343 e. The molecule has 0 saturated carbocycles. The van der Waals surface area contributed by atoms with Crippen molar-refractivity contribution in [3.8, 4) is 0 Å². The Morgan fingerprint density at radius 2 is 2.04 bits per heavy atom. The Morgan fingerprint density at radius 3 is 2.56 bits per heavy atom. The van der Waals surface area contributed by atoms with Crippen LogP contribution in [0.3, 0.4) is 0 Å². The second-order valence-corrected chi connectivity index (χ2v) is 7.48. The van der Waals surface area contributed by atoms with E-state index in [1.165, 1.54) is 5.01 Å². The molecule has 140 valence electrons. The van der Waals surface area contributed by atoms with Crippen LogP contribution in [0.25, 0.3) is 0 Å². The number of nitrogens with two attached hydrogens (primary N) is 1. The molecule has 1 fully saturated rings. The van der Waals surface area contributed by atoms with Gasteiger partial charge in [-0.25, -0.2) is 5.01 Å². The van der Waals surface area contributed by atoms with Crippen molar-refractivity contribution < 1.29 is 14.4 Å². The van der Waals surface area contributed by atoms with Gasteiger partial charge in [-0.2, -0.15) is 5.10 Å². The molecule has 0 aromatic rings. The van der Waals surface area contributed by atoms with Gasteiger partial charge >= 0.3 is 0 Å². The Balaban J connectivity index is 2.16. The molecule has 8 nitrogen and oxygen atoms in total. The summed E-state index contributed by atoms with van der Waals surface area (Å²) < 4.78 is 0. The van der Waals surface area contributed by atoms with Crippen LogP contribution in [0.2, 0.25) is 0 Å². The Bertz CT molecular complexity index is 610. The topological polar surface area (TPSA) is 108 Å². The van der Waals surface area contributed by atoms with Crippen LogP contribution in [0, 0.1) is 5.41 Å². The first kappa shape index (κ1) is 19.4. The summed E-state index contributed by atoms with van der Waals surface area (Å²) in [6.45, 7) is 7.79. The SMILES string of the molecule is CCC(NC(=O)C(C)(C)N)C(=O)N1CCC2=NN(C)C(=O)C2(CC)C1. The van der Waals surface area contributed by atoms with Crippen molar-refractivity contribution in [3.63, 3.8) is 0 Å². The fourth-order valence-corrected chi connectivity index (χ4v) is 3.41. The summed E-state index contributed by atoms with van der Waals surface area (Å²) in [5, 5.41) is 8.46. The zero-order chi connectivity index (χ0) is 19.0. The molecule has 0 aromatic carbocycles. The lowest BCUT2D eigenvalue weighted by Gasteiger charge is -2.40. The smallest absolute Gasteiger partial charge is 0.256 e. The van der Waals surface area contributed by atoms with Crippen molar-refractivity contribution in [2.75, 3.05) is 20.1 Å². The number of carbonyl (C=O) groups is 3. The summed E-state index contributed by atoms with van der Waals surface area (Å²) in [6, 6.07) is -0.642. The van der Waals surface area contributed by atoms with Crippen molar-refractivity contribution in [1.82, 2.24) is 15.2 Å². The highest BCUT2D eigenvalue weighted by Gasteiger charge is 2.52. The van der Waals surface area contributed by atoms with Crippen LogP contribution in [0.5, 0.6) is 0 Å². The maximum atomic E-state index is 12.9. The molecule has 0 aromatic heterocycles. The van der Waals surface area contributed by atoms with Gasteiger partial charge in [0.25, 0.3) is 5.91 Å². The van der Waals surface area contributed by atoms with Crippen LogP contribution in [0.4, 0.5) is 0 Å². The lowest BCUT2D eigenvalue weighted by Crippen LogP contribution is -2.60. The van der Waals surface area contributed by atoms with Crippen LogP contribution in [0.1, 0.15) is 47.0 Å². The first-order valence-electron chi connectivity index (χ1n) is 8.81. The molecule has 1 saturated heterocycles. The average molecular weight is 351 g/mol. The fraction of sp³-hybridized carbons (Fsp3) is 0.765. The molecule has 0 bridgehead atoms. The van der Waals surface area contributed by atoms with Crippen molar-refractivity contribution in [2.24, 2.45) is 16.3 Å². The van der Waals surface area contributed by atoms with E-state index in [4.69, 9.17) is 5.73 Å². The summed E-state index contributed by atoms with van der Waals surface area (Å²) in [7, 11) is 1.65. The van der Waals surface area contributed by atoms with Gasteiger partial charge in [0, 0.05) is 26.6 Å². The summed E-state index contributed by atoms with van der Waals surface area (Å²) in [6.07, 6.45) is 1.63. The minimum Gasteiger partial charge on any atom is -0.343 e. The summed E-state index contributed by atoms with van der Waals surface area (Å²) in [5.41, 5.74) is 4.88. The monoisotopic (exact) mass is 351 g/mol. The van der Waals surface area contributed by atoms with Gasteiger partial charge in [0.15, 0.2) is 0 Å². The highest BCUT2D eigenvalue weighted by Crippen LogP contribution is 2.37. The van der Waals surface area contributed by atoms with E-state index in [0.717, 1.165) is 5.71 Å². The number of rotatable bonds is 5. The zero-order valence-electron chi connectivity index (χ0n) is 15.8. The quantitative estimate of drug-likeness (QED) is 0.731. The number of hydrogen-bond donors (Lipinski definition) is 2. The normalized spacial score (nSPS) is 24.7. The van der Waals surface area contributed by atoms with Crippen molar-refractivity contribution in [2.45, 2.75) is 58.5 Å². The minimum absolute atomic E-state index is 0.0670. The van der Waals surface area contributed by atoms with E-state index in [-0.39, 0.29) is 17.7 Å². The number of carbonyl (C=O) groups excluding carboxylic acids is 3. The number of amides is 3. The van der Waals surface area contributed by atoms with E-state index in [0.29, 0.717) is 32.4 Å². The van der Waals surface area contributed by atoms with E-state index < -0.39 is 17.0 Å². The third kappa shape index (κ3) is 3.40. The van der Waals surface area contributed by atoms with Crippen LogP contribution < -0.4 is 11.1 Å². The molecule has 8 heteroatoms. The summed E-state index contributed by atoms with van der Waals surface area (Å²) in [4.78, 5) is 39.3. The van der Waals surface area contributed by atoms with E-state index in [1.54, 1.807) is 25.8 Å². The zero-order valence-corrected chi connectivity index (χ0v) is 15.8. The lowest BCUT2D eigenvalue weighted by molar-refractivity contribution is -0.142. The predicted molar refractivity (Wildman–Crippen MR) is 94.6 cm³/mol. The van der Waals surface area contributed by atoms with E-state index >= 15 is 0 Å². The maximum Gasteiger partial charge on any atom is 0.256 e. The molecule has 2 aliphatic heterocycles. The van der Waals surface area contributed by atoms with Gasteiger partial charge in [0.2, 0.25) is 11.8 Å². The number of piperidine rings is 1. The molecule has 2 heterocycles. The van der Waals surface area contributed by atoms with Crippen LogP contribution in [0.15, 0.2) is 5.10 Å². The van der Waals surface area contributed by atoms with Gasteiger partial charge in [0.1, 0.15) is 11.5 Å². The van der Waals surface area contributed by atoms with Crippen LogP contribution >= 0.6 is 0 Å². The van der Waals surface area contributed by atoms with Gasteiger partial charge < -0.3 is 16.0 Å². The number of nitrogens with one attached hydrogen (secondary N) is 1. The highest BCUT2D eigenvalue weighted by molar-refractivity contribution is 6.13. The van der Waals surface area contributed by atoms with Crippen LogP contribution in [-0.2, 0) is 14.4 Å². The number of likely N-dealkylation sites (tertiary alicyclic amines) is 1. The lowest BCUT2D eigenvalue weighted by atomic mass is 9.75. The average Bonchev–Trinajstić information content (AvgIpc) is 2.82. The Hall–Kier alpha value is -1.96. The first-order chi connectivity index (χ1) is 11.6. The van der Waals surface area contributed by atoms with Crippen LogP contribution in [-0.4, -0.2) is 65.1 Å². The molecule has 3 amide bonds. The Morgan fingerprint density at radius 1 is 1.40 bits per heavy atom. The Labute approximate surface area is 148 Å². The molecule has 2 atom stereocenters. The molecular weight excluding hydrogens is 322 g/mol. The van der Waals surface area contributed by atoms with E-state index in [9.17, 15) is 14.4 Å². The molecular formula is C17H29N5O3. The molecule has 0 radical (unpaired) electrons. The minimum atomic E-state index is -1.05. The number of nitrogens with zero attached hydrogens (tertiary/aromatic N) is 3. The molecule has 2 unspecified atom stereocenters. The van der Waals surface area contributed by atoms with Gasteiger partial charge in [0.05, 0.1) is 11.3 Å². The Kier molecular flexibility index (Phi) is 5.22. The second kappa shape index (κ2) is 6.74. The molecule has 2 rings (SSSR count). The fourth-order valence-electron chi connectivity index (χ4n) is 3.41. The summed E-state index contributed by atoms with van der Waals surface area (Å²) in [5.74, 6) is -0.606. The molecule has 3 N–H and O–H groups in total. The highest BCUT2D eigenvalue weighted by atomic mass is 16.2. The van der Waals surface area contributed by atoms with Crippen molar-refractivity contribution in [1.29, 1.82) is 0 Å². The number of hydrazone groups is 1. The van der Waals surface area contributed by atoms with E-state index in [2.05, 4.69) is 10.4 Å². The predicted octanol–water partition coefficient (Wildman–Crippen LogP) is 0.0752. The van der Waals surface area contributed by atoms with Gasteiger partial charge in [-0.3, -0.25) is 14.4 Å². The maximum absolute atomic E-state index is 12.9. The number of hydrogen-bond acceptors (Lipinski definition) is 5. The van der Waals surface area contributed by atoms with Gasteiger partial charge in [-0.1, -0.05) is 13.8 Å². The van der Waals surface area contributed by atoms with Crippen molar-refractivity contribution >= 4 is 23.4 Å². The molecule has 2 aliphatic rings. The number of fused-ring (bicyclic) bond motifs is 1. The first-order valence-corrected chi connectivity index (χ1v) is 8.81. The van der Waals surface area contributed by atoms with Gasteiger partial charge in [-0.15, -0.1) is 0 Å². The molecule has 25 heavy (non-hydrogen) atoms. The van der Waals surface area contributed by atoms with E-state index in [1.807, 2.05) is 13.8 Å². The molecule has 0 spiro atoms. The standard InChI is InChI=1S/C17H29N5O3/c1-6-11(19-14(24)16(3,4)18)13(23)22-9-8-12-17(7-2,10-22)15(25)21(5)20-12/h11H,6-10,18H2,1-5H3,(H,19,24). The van der Waals surface area contributed by atoms with Crippen molar-refractivity contribution in [3.05, 3.63) is 0 Å². The molecule has 0 aliphatic carbocycles. The second-order valence-electron chi connectivity index (χ2n) is 7.48. The third-order valence-electron chi connectivity index (χ3n) is 5.12. The third-order valence-corrected chi connectivity index (χ3v) is 5.12. The van der Waals surface area contributed by atoms with Gasteiger partial charge in [-0.05, 0) is 26.7 Å². The summed E-state index contributed by atoms with van der Waals surface area (Å²) >= 11 is 0.